The largest absolute Gasteiger partial charge is 0.341 e. The average molecular weight is 258 g/mol. The number of hydrogen-bond donors (Lipinski definition) is 2. The van der Waals surface area contributed by atoms with Crippen LogP contribution in [0.2, 0.25) is 0 Å². The van der Waals surface area contributed by atoms with Crippen molar-refractivity contribution in [2.75, 3.05) is 19.6 Å². The van der Waals surface area contributed by atoms with Crippen LogP contribution in [0.25, 0.3) is 0 Å². The van der Waals surface area contributed by atoms with Crippen molar-refractivity contribution in [3.63, 3.8) is 0 Å². The fraction of sp³-hybridized carbons (Fsp3) is 0.889. The van der Waals surface area contributed by atoms with Crippen molar-refractivity contribution < 1.29 is 4.79 Å². The van der Waals surface area contributed by atoms with Gasteiger partial charge in [-0.05, 0) is 18.8 Å². The van der Waals surface area contributed by atoms with Gasteiger partial charge in [0.25, 0.3) is 0 Å². The van der Waals surface area contributed by atoms with Gasteiger partial charge in [-0.15, -0.1) is 24.8 Å². The first kappa shape index (κ1) is 17.4. The van der Waals surface area contributed by atoms with Crippen LogP contribution in [-0.2, 0) is 4.79 Å². The Kier molecular flexibility index (Phi) is 9.45. The summed E-state index contributed by atoms with van der Waals surface area (Å²) in [6.45, 7) is 4.14. The molecule has 1 heterocycles. The third kappa shape index (κ3) is 5.02. The molecule has 0 aliphatic carbocycles. The molecule has 4 nitrogen and oxygen atoms in total. The van der Waals surface area contributed by atoms with Crippen molar-refractivity contribution in [1.82, 2.24) is 4.90 Å². The highest BCUT2D eigenvalue weighted by Gasteiger charge is 2.23. The van der Waals surface area contributed by atoms with Gasteiger partial charge in [-0.2, -0.15) is 0 Å². The molecule has 1 aliphatic rings. The lowest BCUT2D eigenvalue weighted by Gasteiger charge is -2.31. The van der Waals surface area contributed by atoms with E-state index >= 15 is 0 Å². The number of amides is 1. The standard InChI is InChI=1S/C9H19N3O.2ClH/c1-7-2-4-12(5-3-7)9(13)8(11)6-10;;/h7-8H,2-6,10-11H2,1H3;2*1H/t8-;;/m1../s1. The summed E-state index contributed by atoms with van der Waals surface area (Å²) in [7, 11) is 0. The number of hydrogen-bond acceptors (Lipinski definition) is 3. The minimum atomic E-state index is -0.506. The zero-order valence-corrected chi connectivity index (χ0v) is 10.6. The van der Waals surface area contributed by atoms with Crippen LogP contribution in [0.1, 0.15) is 19.8 Å². The van der Waals surface area contributed by atoms with Gasteiger partial charge in [-0.1, -0.05) is 6.92 Å². The number of likely N-dealkylation sites (tertiary alicyclic amines) is 1. The zero-order chi connectivity index (χ0) is 9.84. The molecule has 1 aliphatic heterocycles. The highest BCUT2D eigenvalue weighted by molar-refractivity contribution is 5.85. The number of carbonyl (C=O) groups is 1. The maximum absolute atomic E-state index is 11.6. The Morgan fingerprint density at radius 3 is 2.27 bits per heavy atom. The normalized spacial score (nSPS) is 18.7. The summed E-state index contributed by atoms with van der Waals surface area (Å²) in [6.07, 6.45) is 2.17. The van der Waals surface area contributed by atoms with Crippen LogP contribution < -0.4 is 11.5 Å². The summed E-state index contributed by atoms with van der Waals surface area (Å²) >= 11 is 0. The van der Waals surface area contributed by atoms with E-state index in [4.69, 9.17) is 11.5 Å². The lowest BCUT2D eigenvalue weighted by molar-refractivity contribution is -0.133. The topological polar surface area (TPSA) is 72.3 Å². The highest BCUT2D eigenvalue weighted by Crippen LogP contribution is 2.16. The summed E-state index contributed by atoms with van der Waals surface area (Å²) < 4.78 is 0. The minimum absolute atomic E-state index is 0. The molecule has 6 heteroatoms. The van der Waals surface area contributed by atoms with Crippen molar-refractivity contribution in [1.29, 1.82) is 0 Å². The van der Waals surface area contributed by atoms with Gasteiger partial charge < -0.3 is 16.4 Å². The Morgan fingerprint density at radius 1 is 1.40 bits per heavy atom. The SMILES string of the molecule is CC1CCN(C(=O)[C@H](N)CN)CC1.Cl.Cl. The maximum atomic E-state index is 11.6. The van der Waals surface area contributed by atoms with Crippen molar-refractivity contribution in [3.8, 4) is 0 Å². The molecular weight excluding hydrogens is 237 g/mol. The second-order valence-corrected chi connectivity index (χ2v) is 3.85. The Morgan fingerprint density at radius 2 is 1.87 bits per heavy atom. The number of nitrogens with two attached hydrogens (primary N) is 2. The minimum Gasteiger partial charge on any atom is -0.341 e. The van der Waals surface area contributed by atoms with Crippen molar-refractivity contribution in [3.05, 3.63) is 0 Å². The number of carbonyl (C=O) groups excluding carboxylic acids is 1. The molecule has 1 fully saturated rings. The number of nitrogens with zero attached hydrogens (tertiary/aromatic N) is 1. The van der Waals surface area contributed by atoms with E-state index in [9.17, 15) is 4.79 Å². The Balaban J connectivity index is 0. The first-order chi connectivity index (χ1) is 6.15. The molecule has 92 valence electrons. The third-order valence-electron chi connectivity index (χ3n) is 2.67. The second-order valence-electron chi connectivity index (χ2n) is 3.85. The molecule has 0 radical (unpaired) electrons. The molecule has 0 spiro atoms. The smallest absolute Gasteiger partial charge is 0.240 e. The molecule has 0 aromatic heterocycles. The van der Waals surface area contributed by atoms with Crippen LogP contribution in [-0.4, -0.2) is 36.5 Å². The van der Waals surface area contributed by atoms with Crippen molar-refractivity contribution >= 4 is 30.7 Å². The second kappa shape index (κ2) is 8.16. The van der Waals surface area contributed by atoms with Gasteiger partial charge in [0.2, 0.25) is 5.91 Å². The van der Waals surface area contributed by atoms with E-state index in [2.05, 4.69) is 6.92 Å². The summed E-state index contributed by atoms with van der Waals surface area (Å²) in [4.78, 5) is 13.4. The molecule has 1 rings (SSSR count). The number of halogens is 2. The van der Waals surface area contributed by atoms with Gasteiger partial charge in [-0.3, -0.25) is 4.79 Å². The van der Waals surface area contributed by atoms with Gasteiger partial charge in [0, 0.05) is 19.6 Å². The molecule has 1 amide bonds. The van der Waals surface area contributed by atoms with Gasteiger partial charge in [-0.25, -0.2) is 0 Å². The Labute approximate surface area is 104 Å². The average Bonchev–Trinajstić information content (AvgIpc) is 2.17. The number of piperidine rings is 1. The maximum Gasteiger partial charge on any atom is 0.240 e. The van der Waals surface area contributed by atoms with Crippen LogP contribution >= 0.6 is 24.8 Å². The summed E-state index contributed by atoms with van der Waals surface area (Å²) in [5.74, 6) is 0.743. The van der Waals surface area contributed by atoms with Crippen LogP contribution in [0.3, 0.4) is 0 Å². The Bertz CT molecular complexity index is 184. The van der Waals surface area contributed by atoms with Crippen LogP contribution in [0.4, 0.5) is 0 Å². The summed E-state index contributed by atoms with van der Waals surface area (Å²) in [5.41, 5.74) is 10.9. The Hall–Kier alpha value is -0.0300. The zero-order valence-electron chi connectivity index (χ0n) is 9.02. The van der Waals surface area contributed by atoms with Crippen molar-refractivity contribution in [2.24, 2.45) is 17.4 Å². The van der Waals surface area contributed by atoms with E-state index in [0.717, 1.165) is 31.8 Å². The molecule has 1 saturated heterocycles. The molecule has 0 bridgehead atoms. The van der Waals surface area contributed by atoms with Gasteiger partial charge in [0.15, 0.2) is 0 Å². The molecule has 4 N–H and O–H groups in total. The van der Waals surface area contributed by atoms with Crippen LogP contribution in [0, 0.1) is 5.92 Å². The van der Waals surface area contributed by atoms with E-state index in [-0.39, 0.29) is 37.3 Å². The molecule has 0 unspecified atom stereocenters. The van der Waals surface area contributed by atoms with E-state index in [1.807, 2.05) is 4.90 Å². The number of rotatable bonds is 2. The quantitative estimate of drug-likeness (QED) is 0.751. The van der Waals surface area contributed by atoms with Gasteiger partial charge in [0.1, 0.15) is 0 Å². The van der Waals surface area contributed by atoms with Gasteiger partial charge in [0.05, 0.1) is 6.04 Å². The molecular formula is C9H21Cl2N3O. The van der Waals surface area contributed by atoms with Crippen LogP contribution in [0.5, 0.6) is 0 Å². The predicted octanol–water partition coefficient (Wildman–Crippen LogP) is 0.375. The van der Waals surface area contributed by atoms with Crippen LogP contribution in [0.15, 0.2) is 0 Å². The summed E-state index contributed by atoms with van der Waals surface area (Å²) in [6, 6.07) is -0.506. The van der Waals surface area contributed by atoms with Crippen molar-refractivity contribution in [2.45, 2.75) is 25.8 Å². The fourth-order valence-corrected chi connectivity index (χ4v) is 1.56. The molecule has 1 atom stereocenters. The van der Waals surface area contributed by atoms with Gasteiger partial charge >= 0.3 is 0 Å². The molecule has 0 aromatic rings. The molecule has 0 saturated carbocycles. The first-order valence-electron chi connectivity index (χ1n) is 4.89. The van der Waals surface area contributed by atoms with E-state index in [1.165, 1.54) is 0 Å². The lowest BCUT2D eigenvalue weighted by Crippen LogP contribution is -2.49. The predicted molar refractivity (Wildman–Crippen MR) is 66.5 cm³/mol. The summed E-state index contributed by atoms with van der Waals surface area (Å²) in [5, 5.41) is 0. The molecule has 0 aromatic carbocycles. The van der Waals surface area contributed by atoms with E-state index in [0.29, 0.717) is 0 Å². The highest BCUT2D eigenvalue weighted by atomic mass is 35.5. The fourth-order valence-electron chi connectivity index (χ4n) is 1.56. The van der Waals surface area contributed by atoms with E-state index < -0.39 is 6.04 Å². The monoisotopic (exact) mass is 257 g/mol. The van der Waals surface area contributed by atoms with E-state index in [1.54, 1.807) is 0 Å². The molecule has 15 heavy (non-hydrogen) atoms. The third-order valence-corrected chi connectivity index (χ3v) is 2.67. The first-order valence-corrected chi connectivity index (χ1v) is 4.89. The lowest BCUT2D eigenvalue weighted by atomic mass is 9.99.